The van der Waals surface area contributed by atoms with Gasteiger partial charge in [-0.15, -0.1) is 0 Å². The molecule has 0 aromatic heterocycles. The van der Waals surface area contributed by atoms with E-state index in [0.717, 1.165) is 5.75 Å². The van der Waals surface area contributed by atoms with Crippen LogP contribution in [0.2, 0.25) is 0 Å². The number of nitriles is 1. The maximum Gasteiger partial charge on any atom is 1.00 e. The summed E-state index contributed by atoms with van der Waals surface area (Å²) in [5.74, 6) is 1.02. The van der Waals surface area contributed by atoms with Crippen molar-refractivity contribution in [2.75, 3.05) is 5.75 Å². The first kappa shape index (κ1) is 10.8. The first-order valence-corrected chi connectivity index (χ1v) is 5.41. The van der Waals surface area contributed by atoms with Gasteiger partial charge >= 0.3 is 1.43 Å². The first-order valence-electron chi connectivity index (χ1n) is 4.42. The minimum atomic E-state index is 0. The summed E-state index contributed by atoms with van der Waals surface area (Å²) in [7, 11) is 0. The molecule has 0 amide bonds. The molecule has 0 saturated carbocycles. The van der Waals surface area contributed by atoms with Crippen molar-refractivity contribution in [3.63, 3.8) is 0 Å². The molecule has 0 N–H and O–H groups in total. The smallest absolute Gasteiger partial charge is 0.185 e. The predicted octanol–water partition coefficient (Wildman–Crippen LogP) is 3.67. The van der Waals surface area contributed by atoms with Gasteiger partial charge in [-0.2, -0.15) is 5.26 Å². The molecule has 0 radical (unpaired) electrons. The van der Waals surface area contributed by atoms with Gasteiger partial charge in [0.25, 0.3) is 0 Å². The van der Waals surface area contributed by atoms with Crippen LogP contribution in [0.15, 0.2) is 0 Å². The van der Waals surface area contributed by atoms with E-state index in [1.165, 1.54) is 50.3 Å². The third-order valence-electron chi connectivity index (χ3n) is 1.66. The summed E-state index contributed by atoms with van der Waals surface area (Å²) in [5, 5.41) is 10.3. The van der Waals surface area contributed by atoms with Crippen LogP contribution in [0.1, 0.15) is 46.9 Å². The molecular weight excluding hydrogens is 154 g/mol. The summed E-state index contributed by atoms with van der Waals surface area (Å²) >= 11 is 1.38. The van der Waals surface area contributed by atoms with Gasteiger partial charge in [0.05, 0.1) is 0 Å². The number of thiocyanates is 1. The number of rotatable bonds is 7. The highest BCUT2D eigenvalue weighted by atomic mass is 32.2. The Kier molecular flexibility index (Phi) is 9.70. The van der Waals surface area contributed by atoms with Crippen LogP contribution in [0.5, 0.6) is 0 Å². The number of nitrogens with zero attached hydrogens (tertiary/aromatic N) is 1. The maximum atomic E-state index is 8.22. The Morgan fingerprint density at radius 2 is 1.82 bits per heavy atom. The normalized spacial score (nSPS) is 9.45. The lowest BCUT2D eigenvalue weighted by molar-refractivity contribution is 0.627. The molecule has 11 heavy (non-hydrogen) atoms. The molecule has 1 nitrogen and oxygen atoms in total. The summed E-state index contributed by atoms with van der Waals surface area (Å²) in [6.07, 6.45) is 7.91. The zero-order valence-corrected chi connectivity index (χ0v) is 8.12. The fraction of sp³-hybridized carbons (Fsp3) is 0.889. The highest BCUT2D eigenvalue weighted by Crippen LogP contribution is 2.08. The van der Waals surface area contributed by atoms with Gasteiger partial charge in [-0.3, -0.25) is 0 Å². The molecule has 0 fully saturated rings. The molecule has 64 valence electrons. The van der Waals surface area contributed by atoms with Crippen molar-refractivity contribution in [3.8, 4) is 5.40 Å². The second-order valence-electron chi connectivity index (χ2n) is 2.71. The van der Waals surface area contributed by atoms with Crippen LogP contribution in [-0.2, 0) is 0 Å². The van der Waals surface area contributed by atoms with Gasteiger partial charge < -0.3 is 0 Å². The van der Waals surface area contributed by atoms with E-state index in [9.17, 15) is 0 Å². The van der Waals surface area contributed by atoms with Crippen LogP contribution >= 0.6 is 11.8 Å². The Bertz CT molecular complexity index is 112. The lowest BCUT2D eigenvalue weighted by atomic mass is 10.1. The molecule has 2 heteroatoms. The van der Waals surface area contributed by atoms with Crippen LogP contribution < -0.4 is 0 Å². The van der Waals surface area contributed by atoms with E-state index in [4.69, 9.17) is 5.26 Å². The van der Waals surface area contributed by atoms with Crippen molar-refractivity contribution in [1.29, 1.82) is 5.26 Å². The van der Waals surface area contributed by atoms with Gasteiger partial charge in [0.2, 0.25) is 0 Å². The van der Waals surface area contributed by atoms with E-state index in [-0.39, 0.29) is 1.43 Å². The van der Waals surface area contributed by atoms with E-state index in [0.29, 0.717) is 0 Å². The van der Waals surface area contributed by atoms with Crippen LogP contribution in [0.3, 0.4) is 0 Å². The second kappa shape index (κ2) is 9.84. The van der Waals surface area contributed by atoms with Gasteiger partial charge in [-0.05, 0) is 18.2 Å². The summed E-state index contributed by atoms with van der Waals surface area (Å²) < 4.78 is 0. The minimum Gasteiger partial charge on any atom is -0.185 e. The predicted molar refractivity (Wildman–Crippen MR) is 52.6 cm³/mol. The van der Waals surface area contributed by atoms with Gasteiger partial charge in [-0.25, -0.2) is 0 Å². The Morgan fingerprint density at radius 3 is 2.45 bits per heavy atom. The van der Waals surface area contributed by atoms with E-state index in [1.807, 2.05) is 0 Å². The molecular formula is C9H18NS+. The van der Waals surface area contributed by atoms with Gasteiger partial charge in [0.1, 0.15) is 5.40 Å². The van der Waals surface area contributed by atoms with E-state index < -0.39 is 0 Å². The lowest BCUT2D eigenvalue weighted by Crippen LogP contribution is -1.80. The maximum absolute atomic E-state index is 8.22. The lowest BCUT2D eigenvalue weighted by Gasteiger charge is -1.96. The Balaban J connectivity index is 0. The van der Waals surface area contributed by atoms with Gasteiger partial charge in [-0.1, -0.05) is 39.0 Å². The van der Waals surface area contributed by atoms with Gasteiger partial charge in [0, 0.05) is 5.75 Å². The average molecular weight is 172 g/mol. The molecule has 0 aliphatic carbocycles. The molecule has 0 aromatic rings. The number of thioether (sulfide) groups is 1. The highest BCUT2D eigenvalue weighted by molar-refractivity contribution is 8.03. The number of unbranched alkanes of at least 4 members (excludes halogenated alkanes) is 5. The zero-order chi connectivity index (χ0) is 8.36. The molecule has 0 saturated heterocycles. The third-order valence-corrected chi connectivity index (χ3v) is 2.29. The van der Waals surface area contributed by atoms with Crippen molar-refractivity contribution < 1.29 is 1.43 Å². The second-order valence-corrected chi connectivity index (χ2v) is 3.59. The summed E-state index contributed by atoms with van der Waals surface area (Å²) in [5.41, 5.74) is 0. The molecule has 0 aliphatic heterocycles. The van der Waals surface area contributed by atoms with Crippen molar-refractivity contribution in [2.45, 2.75) is 45.4 Å². The van der Waals surface area contributed by atoms with Crippen LogP contribution in [-0.4, -0.2) is 5.75 Å². The fourth-order valence-corrected chi connectivity index (χ4v) is 1.44. The summed E-state index contributed by atoms with van der Waals surface area (Å²) in [6.45, 7) is 2.23. The molecule has 0 atom stereocenters. The fourth-order valence-electron chi connectivity index (χ4n) is 1.00. The van der Waals surface area contributed by atoms with Crippen molar-refractivity contribution in [1.82, 2.24) is 0 Å². The Labute approximate surface area is 75.7 Å². The standard InChI is InChI=1S/C9H17NS/c1-2-3-4-5-6-7-8-11-9-10/h2-8H2,1H3/p+1. The van der Waals surface area contributed by atoms with Crippen molar-refractivity contribution in [3.05, 3.63) is 0 Å². The zero-order valence-electron chi connectivity index (χ0n) is 8.31. The van der Waals surface area contributed by atoms with Crippen LogP contribution in [0.25, 0.3) is 0 Å². The van der Waals surface area contributed by atoms with E-state index >= 15 is 0 Å². The van der Waals surface area contributed by atoms with Gasteiger partial charge in [0.15, 0.2) is 0 Å². The SMILES string of the molecule is CCCCCCCCSC#N.[H+]. The highest BCUT2D eigenvalue weighted by Gasteiger charge is 1.89. The van der Waals surface area contributed by atoms with Crippen molar-refractivity contribution >= 4 is 11.8 Å². The van der Waals surface area contributed by atoms with E-state index in [2.05, 4.69) is 12.3 Å². The monoisotopic (exact) mass is 172 g/mol. The number of hydrogen-bond donors (Lipinski definition) is 0. The molecule has 0 aliphatic rings. The van der Waals surface area contributed by atoms with Crippen LogP contribution in [0, 0.1) is 10.7 Å². The quantitative estimate of drug-likeness (QED) is 0.432. The van der Waals surface area contributed by atoms with Crippen molar-refractivity contribution in [2.24, 2.45) is 0 Å². The molecule has 0 rings (SSSR count). The molecule has 0 bridgehead atoms. The Morgan fingerprint density at radius 1 is 1.18 bits per heavy atom. The van der Waals surface area contributed by atoms with Crippen LogP contribution in [0.4, 0.5) is 0 Å². The Hall–Kier alpha value is -0.160. The average Bonchev–Trinajstić information content (AvgIpc) is 2.03. The summed E-state index contributed by atoms with van der Waals surface area (Å²) in [6, 6.07) is 0. The summed E-state index contributed by atoms with van der Waals surface area (Å²) in [4.78, 5) is 0. The topological polar surface area (TPSA) is 23.8 Å². The number of hydrogen-bond acceptors (Lipinski definition) is 2. The molecule has 0 unspecified atom stereocenters. The third kappa shape index (κ3) is 9.84. The molecule has 0 spiro atoms. The largest absolute Gasteiger partial charge is 1.00 e. The molecule has 0 heterocycles. The minimum absolute atomic E-state index is 0. The molecule has 0 aromatic carbocycles. The van der Waals surface area contributed by atoms with E-state index in [1.54, 1.807) is 0 Å². The first-order chi connectivity index (χ1) is 5.41.